The second kappa shape index (κ2) is 10.4. The highest BCUT2D eigenvalue weighted by Gasteiger charge is 2.14. The van der Waals surface area contributed by atoms with Crippen molar-refractivity contribution in [3.63, 3.8) is 0 Å². The lowest BCUT2D eigenvalue weighted by atomic mass is 10.0. The summed E-state index contributed by atoms with van der Waals surface area (Å²) >= 11 is 10.4. The minimum atomic E-state index is -0.446. The van der Waals surface area contributed by atoms with Gasteiger partial charge in [0.25, 0.3) is 0 Å². The number of amides is 1. The Bertz CT molecular complexity index is 1580. The van der Waals surface area contributed by atoms with Crippen molar-refractivity contribution < 1.29 is 13.9 Å². The molecule has 0 aliphatic carbocycles. The van der Waals surface area contributed by atoms with Crippen molar-refractivity contribution in [2.45, 2.75) is 6.61 Å². The molecule has 0 atom stereocenters. The summed E-state index contributed by atoms with van der Waals surface area (Å²) in [6.07, 6.45) is 1.60. The largest absolute Gasteiger partial charge is 0.488 e. The van der Waals surface area contributed by atoms with Gasteiger partial charge in [-0.1, -0.05) is 74.3 Å². The molecule has 1 N–H and O–H groups in total. The lowest BCUT2D eigenvalue weighted by Crippen LogP contribution is -2.16. The van der Waals surface area contributed by atoms with E-state index in [0.29, 0.717) is 17.9 Å². The molecule has 0 unspecified atom stereocenters. The summed E-state index contributed by atoms with van der Waals surface area (Å²) in [7, 11) is 0. The predicted octanol–water partition coefficient (Wildman–Crippen LogP) is 8.22. The number of fused-ring (bicyclic) bond motifs is 2. The summed E-state index contributed by atoms with van der Waals surface area (Å²) in [4.78, 5) is 12.7. The normalized spacial score (nSPS) is 11.4. The van der Waals surface area contributed by atoms with Crippen molar-refractivity contribution in [2.75, 3.05) is 0 Å². The summed E-state index contributed by atoms with van der Waals surface area (Å²) in [5, 5.41) is 7.03. The van der Waals surface area contributed by atoms with Gasteiger partial charge in [0.2, 0.25) is 0 Å². The number of benzene rings is 4. The van der Waals surface area contributed by atoms with Gasteiger partial charge < -0.3 is 9.15 Å². The minimum Gasteiger partial charge on any atom is -0.488 e. The SMILES string of the molecule is O=C(N/N=C\c1c(OCc2ccc(Br)cc2)ccc2ccccc12)c1cc2cc(Br)cc(Br)c2o1. The number of ether oxygens (including phenoxy) is 1. The maximum Gasteiger partial charge on any atom is 0.307 e. The molecule has 5 rings (SSSR count). The summed E-state index contributed by atoms with van der Waals surface area (Å²) in [5.41, 5.74) is 4.98. The quantitative estimate of drug-likeness (QED) is 0.148. The predicted molar refractivity (Wildman–Crippen MR) is 149 cm³/mol. The Balaban J connectivity index is 1.39. The first-order valence-electron chi connectivity index (χ1n) is 10.6. The number of carbonyl (C=O) groups excluding carboxylic acids is 1. The van der Waals surface area contributed by atoms with Crippen LogP contribution in [0.3, 0.4) is 0 Å². The van der Waals surface area contributed by atoms with E-state index in [2.05, 4.69) is 58.3 Å². The summed E-state index contributed by atoms with van der Waals surface area (Å²) in [6.45, 7) is 0.405. The Morgan fingerprint density at radius 1 is 0.914 bits per heavy atom. The summed E-state index contributed by atoms with van der Waals surface area (Å²) in [5.74, 6) is 0.390. The number of carbonyl (C=O) groups is 1. The molecule has 0 aliphatic rings. The van der Waals surface area contributed by atoms with Crippen LogP contribution in [0.2, 0.25) is 0 Å². The van der Waals surface area contributed by atoms with Crippen LogP contribution in [0.1, 0.15) is 21.7 Å². The zero-order valence-electron chi connectivity index (χ0n) is 18.1. The number of halogens is 3. The lowest BCUT2D eigenvalue weighted by Gasteiger charge is -2.12. The molecular formula is C27H17Br3N2O3. The molecule has 5 nitrogen and oxygen atoms in total. The average molecular weight is 657 g/mol. The van der Waals surface area contributed by atoms with E-state index in [0.717, 1.165) is 40.7 Å². The van der Waals surface area contributed by atoms with E-state index in [1.54, 1.807) is 12.3 Å². The van der Waals surface area contributed by atoms with E-state index in [4.69, 9.17) is 9.15 Å². The Morgan fingerprint density at radius 3 is 2.54 bits per heavy atom. The molecule has 5 aromatic rings. The standard InChI is InChI=1S/C27H17Br3N2O3/c28-19-8-5-16(6-9-19)15-34-24-10-7-17-3-1-2-4-21(17)22(24)14-31-32-27(33)25-12-18-11-20(29)13-23(30)26(18)35-25/h1-14H,15H2,(H,32,33)/b31-14-. The average Bonchev–Trinajstić information content (AvgIpc) is 3.29. The van der Waals surface area contributed by atoms with Crippen LogP contribution in [0.4, 0.5) is 0 Å². The molecule has 1 aromatic heterocycles. The van der Waals surface area contributed by atoms with Gasteiger partial charge in [0.15, 0.2) is 5.76 Å². The molecule has 174 valence electrons. The number of rotatable bonds is 6. The second-order valence-corrected chi connectivity index (χ2v) is 10.4. The molecule has 0 saturated heterocycles. The fourth-order valence-corrected chi connectivity index (χ4v) is 5.28. The Labute approximate surface area is 226 Å². The molecule has 0 bridgehead atoms. The van der Waals surface area contributed by atoms with E-state index >= 15 is 0 Å². The summed E-state index contributed by atoms with van der Waals surface area (Å²) < 4.78 is 14.5. The van der Waals surface area contributed by atoms with Gasteiger partial charge in [0.05, 0.1) is 10.7 Å². The zero-order valence-corrected chi connectivity index (χ0v) is 22.9. The van der Waals surface area contributed by atoms with Gasteiger partial charge in [-0.25, -0.2) is 5.43 Å². The van der Waals surface area contributed by atoms with Crippen LogP contribution in [0.5, 0.6) is 5.75 Å². The van der Waals surface area contributed by atoms with Crippen LogP contribution in [0.25, 0.3) is 21.7 Å². The molecule has 1 amide bonds. The fourth-order valence-electron chi connectivity index (χ4n) is 3.67. The van der Waals surface area contributed by atoms with E-state index in [-0.39, 0.29) is 5.76 Å². The maximum atomic E-state index is 12.7. The minimum absolute atomic E-state index is 0.167. The van der Waals surface area contributed by atoms with Crippen LogP contribution in [-0.2, 0) is 6.61 Å². The smallest absolute Gasteiger partial charge is 0.307 e. The van der Waals surface area contributed by atoms with Gasteiger partial charge in [-0.2, -0.15) is 5.10 Å². The Morgan fingerprint density at radius 2 is 1.71 bits per heavy atom. The first-order chi connectivity index (χ1) is 17.0. The van der Waals surface area contributed by atoms with Crippen LogP contribution in [-0.4, -0.2) is 12.1 Å². The molecule has 35 heavy (non-hydrogen) atoms. The zero-order chi connectivity index (χ0) is 24.4. The topological polar surface area (TPSA) is 63.8 Å². The van der Waals surface area contributed by atoms with Gasteiger partial charge in [-0.05, 0) is 68.7 Å². The first kappa shape index (κ1) is 23.8. The van der Waals surface area contributed by atoms with Crippen molar-refractivity contribution >= 4 is 81.7 Å². The molecule has 0 saturated carbocycles. The third kappa shape index (κ3) is 5.34. The number of nitrogens with one attached hydrogen (secondary N) is 1. The Hall–Kier alpha value is -2.94. The number of hydrogen-bond donors (Lipinski definition) is 1. The molecule has 4 aromatic carbocycles. The van der Waals surface area contributed by atoms with Gasteiger partial charge >= 0.3 is 5.91 Å². The van der Waals surface area contributed by atoms with Gasteiger partial charge in [-0.3, -0.25) is 4.79 Å². The van der Waals surface area contributed by atoms with Crippen LogP contribution in [0.15, 0.2) is 102 Å². The van der Waals surface area contributed by atoms with E-state index < -0.39 is 5.91 Å². The van der Waals surface area contributed by atoms with Gasteiger partial charge in [-0.15, -0.1) is 0 Å². The van der Waals surface area contributed by atoms with Crippen molar-refractivity contribution in [3.8, 4) is 5.75 Å². The maximum absolute atomic E-state index is 12.7. The van der Waals surface area contributed by atoms with Crippen LogP contribution >= 0.6 is 47.8 Å². The molecule has 1 heterocycles. The first-order valence-corrected chi connectivity index (χ1v) is 13.0. The molecule has 0 spiro atoms. The van der Waals surface area contributed by atoms with Crippen LogP contribution in [0, 0.1) is 0 Å². The molecule has 0 aliphatic heterocycles. The lowest BCUT2D eigenvalue weighted by molar-refractivity contribution is 0.0929. The van der Waals surface area contributed by atoms with Crippen molar-refractivity contribution in [2.24, 2.45) is 5.10 Å². The second-order valence-electron chi connectivity index (χ2n) is 7.73. The molecule has 0 fully saturated rings. The monoisotopic (exact) mass is 654 g/mol. The number of furan rings is 1. The highest BCUT2D eigenvalue weighted by Crippen LogP contribution is 2.31. The molecule has 8 heteroatoms. The van der Waals surface area contributed by atoms with E-state index in [1.807, 2.05) is 72.8 Å². The van der Waals surface area contributed by atoms with E-state index in [9.17, 15) is 4.79 Å². The van der Waals surface area contributed by atoms with Crippen molar-refractivity contribution in [3.05, 3.63) is 109 Å². The van der Waals surface area contributed by atoms with E-state index in [1.165, 1.54) is 0 Å². The third-order valence-electron chi connectivity index (χ3n) is 5.36. The number of hydrazone groups is 1. The van der Waals surface area contributed by atoms with Crippen molar-refractivity contribution in [1.82, 2.24) is 5.43 Å². The summed E-state index contributed by atoms with van der Waals surface area (Å²) in [6, 6.07) is 25.3. The van der Waals surface area contributed by atoms with Crippen molar-refractivity contribution in [1.29, 1.82) is 0 Å². The third-order valence-corrected chi connectivity index (χ3v) is 6.93. The highest BCUT2D eigenvalue weighted by molar-refractivity contribution is 9.11. The number of hydrogen-bond acceptors (Lipinski definition) is 4. The Kier molecular flexibility index (Phi) is 7.04. The van der Waals surface area contributed by atoms with Gasteiger partial charge in [0.1, 0.15) is 17.9 Å². The molecular weight excluding hydrogens is 640 g/mol. The highest BCUT2D eigenvalue weighted by atomic mass is 79.9. The van der Waals surface area contributed by atoms with Gasteiger partial charge in [0, 0.05) is 19.9 Å². The van der Waals surface area contributed by atoms with Crippen LogP contribution < -0.4 is 10.2 Å². The fraction of sp³-hybridized carbons (Fsp3) is 0.0370. The molecule has 0 radical (unpaired) electrons. The number of nitrogens with zero attached hydrogens (tertiary/aromatic N) is 1.